The van der Waals surface area contributed by atoms with Crippen LogP contribution in [-0.4, -0.2) is 13.2 Å². The Labute approximate surface area is 120 Å². The molecule has 2 aromatic carbocycles. The number of hydrogen-bond acceptors (Lipinski definition) is 3. The number of ether oxygens (including phenoxy) is 1. The molecule has 3 N–H and O–H groups in total. The predicted molar refractivity (Wildman–Crippen MR) is 82.7 cm³/mol. The van der Waals surface area contributed by atoms with Crippen molar-refractivity contribution in [2.24, 2.45) is 5.84 Å². The van der Waals surface area contributed by atoms with Crippen molar-refractivity contribution in [2.75, 3.05) is 7.11 Å². The van der Waals surface area contributed by atoms with Crippen LogP contribution in [0.1, 0.15) is 16.7 Å². The fourth-order valence-corrected chi connectivity index (χ4v) is 2.34. The van der Waals surface area contributed by atoms with E-state index in [2.05, 4.69) is 48.7 Å². The molecule has 0 aliphatic carbocycles. The van der Waals surface area contributed by atoms with Crippen molar-refractivity contribution in [1.82, 2.24) is 5.43 Å². The van der Waals surface area contributed by atoms with Gasteiger partial charge in [0.25, 0.3) is 0 Å². The van der Waals surface area contributed by atoms with E-state index in [1.54, 1.807) is 7.11 Å². The van der Waals surface area contributed by atoms with Crippen LogP contribution in [0.2, 0.25) is 0 Å². The van der Waals surface area contributed by atoms with Crippen molar-refractivity contribution >= 4 is 0 Å². The van der Waals surface area contributed by atoms with E-state index >= 15 is 0 Å². The summed E-state index contributed by atoms with van der Waals surface area (Å²) in [7, 11) is 1.68. The molecule has 0 fully saturated rings. The van der Waals surface area contributed by atoms with Crippen LogP contribution in [0.3, 0.4) is 0 Å². The topological polar surface area (TPSA) is 47.3 Å². The summed E-state index contributed by atoms with van der Waals surface area (Å²) in [6.45, 7) is 2.14. The minimum atomic E-state index is 0.226. The van der Waals surface area contributed by atoms with Crippen LogP contribution in [0.15, 0.2) is 48.5 Å². The number of benzene rings is 2. The Balaban J connectivity index is 2.03. The molecule has 0 bridgehead atoms. The van der Waals surface area contributed by atoms with E-state index in [4.69, 9.17) is 10.6 Å². The molecule has 2 aromatic rings. The molecular formula is C17H22N2O. The predicted octanol–water partition coefficient (Wildman–Crippen LogP) is 2.62. The van der Waals surface area contributed by atoms with Crippen LogP contribution in [-0.2, 0) is 12.8 Å². The molecule has 0 radical (unpaired) electrons. The first-order chi connectivity index (χ1) is 9.72. The van der Waals surface area contributed by atoms with Crippen LogP contribution < -0.4 is 16.0 Å². The lowest BCUT2D eigenvalue weighted by Gasteiger charge is -2.17. The van der Waals surface area contributed by atoms with Gasteiger partial charge >= 0.3 is 0 Å². The highest BCUT2D eigenvalue weighted by atomic mass is 16.5. The van der Waals surface area contributed by atoms with Crippen LogP contribution in [0.4, 0.5) is 0 Å². The van der Waals surface area contributed by atoms with E-state index in [0.717, 1.165) is 18.6 Å². The molecule has 0 aromatic heterocycles. The highest BCUT2D eigenvalue weighted by Gasteiger charge is 2.10. The lowest BCUT2D eigenvalue weighted by molar-refractivity contribution is 0.414. The van der Waals surface area contributed by atoms with Gasteiger partial charge in [0.2, 0.25) is 0 Å². The van der Waals surface area contributed by atoms with E-state index in [1.165, 1.54) is 16.7 Å². The van der Waals surface area contributed by atoms with Gasteiger partial charge in [-0.3, -0.25) is 11.3 Å². The maximum atomic E-state index is 5.70. The SMILES string of the molecule is COc1ccc(CC(Cc2ccccc2C)NN)cc1. The zero-order valence-electron chi connectivity index (χ0n) is 12.1. The summed E-state index contributed by atoms with van der Waals surface area (Å²) >= 11 is 0. The molecule has 0 amide bonds. The van der Waals surface area contributed by atoms with Gasteiger partial charge in [-0.25, -0.2) is 0 Å². The number of methoxy groups -OCH3 is 1. The van der Waals surface area contributed by atoms with Crippen molar-refractivity contribution in [1.29, 1.82) is 0 Å². The van der Waals surface area contributed by atoms with E-state index in [0.29, 0.717) is 0 Å². The Morgan fingerprint density at radius 2 is 1.75 bits per heavy atom. The van der Waals surface area contributed by atoms with Gasteiger partial charge in [0, 0.05) is 6.04 Å². The average molecular weight is 270 g/mol. The fraction of sp³-hybridized carbons (Fsp3) is 0.294. The lowest BCUT2D eigenvalue weighted by Crippen LogP contribution is -2.38. The van der Waals surface area contributed by atoms with E-state index in [-0.39, 0.29) is 6.04 Å². The van der Waals surface area contributed by atoms with Gasteiger partial charge in [-0.05, 0) is 48.6 Å². The molecular weight excluding hydrogens is 248 g/mol. The number of hydrogen-bond donors (Lipinski definition) is 2. The van der Waals surface area contributed by atoms with Crippen molar-refractivity contribution in [3.8, 4) is 5.75 Å². The zero-order valence-corrected chi connectivity index (χ0v) is 12.1. The third-order valence-corrected chi connectivity index (χ3v) is 3.60. The summed E-state index contributed by atoms with van der Waals surface area (Å²) in [5.41, 5.74) is 6.82. The highest BCUT2D eigenvalue weighted by Crippen LogP contribution is 2.15. The van der Waals surface area contributed by atoms with E-state index in [1.807, 2.05) is 12.1 Å². The lowest BCUT2D eigenvalue weighted by atomic mass is 9.97. The van der Waals surface area contributed by atoms with Gasteiger partial charge in [0.15, 0.2) is 0 Å². The maximum absolute atomic E-state index is 5.70. The van der Waals surface area contributed by atoms with Crippen LogP contribution in [0.5, 0.6) is 5.75 Å². The molecule has 0 saturated carbocycles. The molecule has 0 aliphatic heterocycles. The van der Waals surface area contributed by atoms with E-state index in [9.17, 15) is 0 Å². The van der Waals surface area contributed by atoms with Gasteiger partial charge in [-0.2, -0.15) is 0 Å². The zero-order chi connectivity index (χ0) is 14.4. The fourth-order valence-electron chi connectivity index (χ4n) is 2.34. The van der Waals surface area contributed by atoms with Crippen molar-refractivity contribution in [3.63, 3.8) is 0 Å². The highest BCUT2D eigenvalue weighted by molar-refractivity contribution is 5.29. The quantitative estimate of drug-likeness (QED) is 0.626. The normalized spacial score (nSPS) is 12.2. The summed E-state index contributed by atoms with van der Waals surface area (Å²) in [5, 5.41) is 0. The molecule has 0 aliphatic rings. The largest absolute Gasteiger partial charge is 0.497 e. The molecule has 0 spiro atoms. The number of nitrogens with one attached hydrogen (secondary N) is 1. The Morgan fingerprint density at radius 3 is 2.35 bits per heavy atom. The number of nitrogens with two attached hydrogens (primary N) is 1. The van der Waals surface area contributed by atoms with Gasteiger partial charge in [0.1, 0.15) is 5.75 Å². The minimum absolute atomic E-state index is 0.226. The second-order valence-electron chi connectivity index (χ2n) is 5.05. The number of rotatable bonds is 6. The molecule has 0 saturated heterocycles. The van der Waals surface area contributed by atoms with Crippen LogP contribution >= 0.6 is 0 Å². The van der Waals surface area contributed by atoms with Crippen LogP contribution in [0, 0.1) is 6.92 Å². The first kappa shape index (κ1) is 14.6. The monoisotopic (exact) mass is 270 g/mol. The molecule has 106 valence electrons. The Hall–Kier alpha value is -1.84. The van der Waals surface area contributed by atoms with Crippen molar-refractivity contribution < 1.29 is 4.74 Å². The summed E-state index contributed by atoms with van der Waals surface area (Å²) in [4.78, 5) is 0. The molecule has 20 heavy (non-hydrogen) atoms. The first-order valence-corrected chi connectivity index (χ1v) is 6.86. The molecule has 1 unspecified atom stereocenters. The summed E-state index contributed by atoms with van der Waals surface area (Å²) in [5.74, 6) is 6.58. The van der Waals surface area contributed by atoms with Crippen LogP contribution in [0.25, 0.3) is 0 Å². The molecule has 3 nitrogen and oxygen atoms in total. The Kier molecular flexibility index (Phi) is 5.16. The maximum Gasteiger partial charge on any atom is 0.118 e. The smallest absolute Gasteiger partial charge is 0.118 e. The first-order valence-electron chi connectivity index (χ1n) is 6.86. The Bertz CT molecular complexity index is 537. The number of hydrazine groups is 1. The minimum Gasteiger partial charge on any atom is -0.497 e. The summed E-state index contributed by atoms with van der Waals surface area (Å²) in [6.07, 6.45) is 1.82. The molecule has 1 atom stereocenters. The third-order valence-electron chi connectivity index (χ3n) is 3.60. The summed E-state index contributed by atoms with van der Waals surface area (Å²) in [6, 6.07) is 16.8. The number of aryl methyl sites for hydroxylation is 1. The van der Waals surface area contributed by atoms with Crippen molar-refractivity contribution in [2.45, 2.75) is 25.8 Å². The third kappa shape index (κ3) is 3.83. The standard InChI is InChI=1S/C17H22N2O/c1-13-5-3-4-6-15(13)12-16(19-18)11-14-7-9-17(20-2)10-8-14/h3-10,16,19H,11-12,18H2,1-2H3. The van der Waals surface area contributed by atoms with Gasteiger partial charge in [-0.1, -0.05) is 36.4 Å². The van der Waals surface area contributed by atoms with Gasteiger partial charge in [-0.15, -0.1) is 0 Å². The average Bonchev–Trinajstić information content (AvgIpc) is 2.49. The van der Waals surface area contributed by atoms with Gasteiger partial charge in [0.05, 0.1) is 7.11 Å². The van der Waals surface area contributed by atoms with Gasteiger partial charge < -0.3 is 4.74 Å². The second-order valence-corrected chi connectivity index (χ2v) is 5.05. The van der Waals surface area contributed by atoms with E-state index < -0.39 is 0 Å². The molecule has 0 heterocycles. The summed E-state index contributed by atoms with van der Waals surface area (Å²) < 4.78 is 5.17. The molecule has 3 heteroatoms. The molecule has 2 rings (SSSR count). The Morgan fingerprint density at radius 1 is 1.05 bits per heavy atom. The van der Waals surface area contributed by atoms with Crippen molar-refractivity contribution in [3.05, 3.63) is 65.2 Å². The second kappa shape index (κ2) is 7.08.